The Morgan fingerprint density at radius 3 is 2.06 bits per heavy atom. The molecule has 17 heavy (non-hydrogen) atoms. The summed E-state index contributed by atoms with van der Waals surface area (Å²) in [6.07, 6.45) is 9.80. The monoisotopic (exact) mass is 239 g/mol. The highest BCUT2D eigenvalue weighted by Crippen LogP contribution is 2.30. The SMILES string of the molecule is COC1CCC(NC2CCC(C)C(C)C2)CC1. The molecule has 0 saturated heterocycles. The Labute approximate surface area is 107 Å². The number of hydrogen-bond acceptors (Lipinski definition) is 2. The molecule has 0 spiro atoms. The van der Waals surface area contributed by atoms with Gasteiger partial charge < -0.3 is 10.1 Å². The van der Waals surface area contributed by atoms with Crippen molar-refractivity contribution in [3.05, 3.63) is 0 Å². The van der Waals surface area contributed by atoms with E-state index >= 15 is 0 Å². The third-order valence-electron chi connectivity index (χ3n) is 5.08. The van der Waals surface area contributed by atoms with Gasteiger partial charge in [-0.05, 0) is 56.8 Å². The fourth-order valence-electron chi connectivity index (χ4n) is 3.50. The molecule has 0 aliphatic heterocycles. The highest BCUT2D eigenvalue weighted by atomic mass is 16.5. The first-order valence-corrected chi connectivity index (χ1v) is 7.48. The Kier molecular flexibility index (Phi) is 4.87. The first kappa shape index (κ1) is 13.4. The van der Waals surface area contributed by atoms with Gasteiger partial charge in [0.1, 0.15) is 0 Å². The third-order valence-corrected chi connectivity index (χ3v) is 5.08. The van der Waals surface area contributed by atoms with Gasteiger partial charge in [-0.15, -0.1) is 0 Å². The maximum absolute atomic E-state index is 5.43. The minimum atomic E-state index is 0.526. The molecule has 0 heterocycles. The molecular weight excluding hydrogens is 210 g/mol. The Morgan fingerprint density at radius 1 is 0.824 bits per heavy atom. The average Bonchev–Trinajstić information content (AvgIpc) is 2.35. The zero-order chi connectivity index (χ0) is 12.3. The smallest absolute Gasteiger partial charge is 0.0572 e. The van der Waals surface area contributed by atoms with Gasteiger partial charge in [-0.25, -0.2) is 0 Å². The Balaban J connectivity index is 1.71. The minimum Gasteiger partial charge on any atom is -0.381 e. The number of nitrogens with one attached hydrogen (secondary N) is 1. The van der Waals surface area contributed by atoms with Gasteiger partial charge >= 0.3 is 0 Å². The molecule has 2 rings (SSSR count). The van der Waals surface area contributed by atoms with Crippen LogP contribution >= 0.6 is 0 Å². The molecule has 2 fully saturated rings. The van der Waals surface area contributed by atoms with Crippen LogP contribution < -0.4 is 5.32 Å². The normalized spacial score (nSPS) is 43.6. The molecule has 2 nitrogen and oxygen atoms in total. The van der Waals surface area contributed by atoms with E-state index in [4.69, 9.17) is 4.74 Å². The van der Waals surface area contributed by atoms with E-state index in [-0.39, 0.29) is 0 Å². The summed E-state index contributed by atoms with van der Waals surface area (Å²) in [6, 6.07) is 1.54. The summed E-state index contributed by atoms with van der Waals surface area (Å²) >= 11 is 0. The molecule has 0 aromatic carbocycles. The van der Waals surface area contributed by atoms with Gasteiger partial charge in [0.25, 0.3) is 0 Å². The molecule has 0 amide bonds. The second kappa shape index (κ2) is 6.19. The van der Waals surface area contributed by atoms with E-state index in [1.54, 1.807) is 0 Å². The molecule has 3 unspecified atom stereocenters. The average molecular weight is 239 g/mol. The lowest BCUT2D eigenvalue weighted by atomic mass is 9.78. The van der Waals surface area contributed by atoms with Crippen LogP contribution in [-0.2, 0) is 4.74 Å². The van der Waals surface area contributed by atoms with Crippen LogP contribution in [0.2, 0.25) is 0 Å². The van der Waals surface area contributed by atoms with Crippen LogP contribution in [0, 0.1) is 11.8 Å². The van der Waals surface area contributed by atoms with Crippen molar-refractivity contribution >= 4 is 0 Å². The Hall–Kier alpha value is -0.0800. The topological polar surface area (TPSA) is 21.3 Å². The van der Waals surface area contributed by atoms with Gasteiger partial charge in [-0.1, -0.05) is 13.8 Å². The fourth-order valence-corrected chi connectivity index (χ4v) is 3.50. The summed E-state index contributed by atoms with van der Waals surface area (Å²) in [4.78, 5) is 0. The van der Waals surface area contributed by atoms with Crippen LogP contribution in [-0.4, -0.2) is 25.3 Å². The van der Waals surface area contributed by atoms with E-state index in [0.29, 0.717) is 6.10 Å². The van der Waals surface area contributed by atoms with E-state index in [1.807, 2.05) is 7.11 Å². The quantitative estimate of drug-likeness (QED) is 0.815. The lowest BCUT2D eigenvalue weighted by Gasteiger charge is -2.37. The van der Waals surface area contributed by atoms with E-state index in [9.17, 15) is 0 Å². The first-order valence-electron chi connectivity index (χ1n) is 7.48. The molecule has 0 radical (unpaired) electrons. The Morgan fingerprint density at radius 2 is 1.47 bits per heavy atom. The highest BCUT2D eigenvalue weighted by molar-refractivity contribution is 4.85. The van der Waals surface area contributed by atoms with Gasteiger partial charge in [-0.2, -0.15) is 0 Å². The van der Waals surface area contributed by atoms with E-state index in [0.717, 1.165) is 23.9 Å². The van der Waals surface area contributed by atoms with Gasteiger partial charge in [0.05, 0.1) is 6.10 Å². The molecule has 3 atom stereocenters. The highest BCUT2D eigenvalue weighted by Gasteiger charge is 2.27. The third kappa shape index (κ3) is 3.69. The van der Waals surface area contributed by atoms with Crippen molar-refractivity contribution in [1.82, 2.24) is 5.32 Å². The fraction of sp³-hybridized carbons (Fsp3) is 1.00. The zero-order valence-corrected chi connectivity index (χ0v) is 11.7. The lowest BCUT2D eigenvalue weighted by molar-refractivity contribution is 0.0591. The molecule has 100 valence electrons. The summed E-state index contributed by atoms with van der Waals surface area (Å²) in [7, 11) is 1.85. The van der Waals surface area contributed by atoms with Crippen LogP contribution in [0.15, 0.2) is 0 Å². The van der Waals surface area contributed by atoms with Crippen molar-refractivity contribution < 1.29 is 4.74 Å². The van der Waals surface area contributed by atoms with Crippen molar-refractivity contribution in [3.8, 4) is 0 Å². The van der Waals surface area contributed by atoms with Gasteiger partial charge in [-0.3, -0.25) is 0 Å². The maximum Gasteiger partial charge on any atom is 0.0572 e. The largest absolute Gasteiger partial charge is 0.381 e. The molecule has 2 saturated carbocycles. The predicted octanol–water partition coefficient (Wildman–Crippen LogP) is 3.36. The van der Waals surface area contributed by atoms with Crippen LogP contribution in [0.1, 0.15) is 58.8 Å². The standard InChI is InChI=1S/C15H29NO/c1-11-4-5-14(10-12(11)2)16-13-6-8-15(17-3)9-7-13/h11-16H,4-10H2,1-3H3. The first-order chi connectivity index (χ1) is 8.19. The molecule has 0 aromatic heterocycles. The predicted molar refractivity (Wildman–Crippen MR) is 72.2 cm³/mol. The molecule has 1 N–H and O–H groups in total. The molecular formula is C15H29NO. The Bertz CT molecular complexity index is 223. The van der Waals surface area contributed by atoms with Gasteiger partial charge in [0, 0.05) is 19.2 Å². The van der Waals surface area contributed by atoms with Crippen LogP contribution in [0.3, 0.4) is 0 Å². The van der Waals surface area contributed by atoms with Crippen molar-refractivity contribution in [1.29, 1.82) is 0 Å². The minimum absolute atomic E-state index is 0.526. The van der Waals surface area contributed by atoms with Crippen molar-refractivity contribution in [3.63, 3.8) is 0 Å². The number of ether oxygens (including phenoxy) is 1. The summed E-state index contributed by atoms with van der Waals surface area (Å²) in [5.74, 6) is 1.83. The second-order valence-electron chi connectivity index (χ2n) is 6.34. The van der Waals surface area contributed by atoms with E-state index in [1.165, 1.54) is 44.9 Å². The molecule has 0 aromatic rings. The molecule has 2 aliphatic carbocycles. The van der Waals surface area contributed by atoms with Crippen molar-refractivity contribution in [2.24, 2.45) is 11.8 Å². The van der Waals surface area contributed by atoms with Crippen LogP contribution in [0.25, 0.3) is 0 Å². The number of methoxy groups -OCH3 is 1. The van der Waals surface area contributed by atoms with Crippen molar-refractivity contribution in [2.45, 2.75) is 77.0 Å². The summed E-state index contributed by atoms with van der Waals surface area (Å²) in [5.41, 5.74) is 0. The molecule has 0 bridgehead atoms. The van der Waals surface area contributed by atoms with Crippen LogP contribution in [0.4, 0.5) is 0 Å². The van der Waals surface area contributed by atoms with Crippen LogP contribution in [0.5, 0.6) is 0 Å². The number of rotatable bonds is 3. The molecule has 2 aliphatic rings. The number of hydrogen-bond donors (Lipinski definition) is 1. The van der Waals surface area contributed by atoms with E-state index in [2.05, 4.69) is 19.2 Å². The molecule has 2 heteroatoms. The summed E-state index contributed by atoms with van der Waals surface area (Å²) < 4.78 is 5.43. The second-order valence-corrected chi connectivity index (χ2v) is 6.34. The summed E-state index contributed by atoms with van der Waals surface area (Å²) in [6.45, 7) is 4.82. The zero-order valence-electron chi connectivity index (χ0n) is 11.7. The maximum atomic E-state index is 5.43. The lowest BCUT2D eigenvalue weighted by Crippen LogP contribution is -2.44. The van der Waals surface area contributed by atoms with Gasteiger partial charge in [0.15, 0.2) is 0 Å². The van der Waals surface area contributed by atoms with E-state index < -0.39 is 0 Å². The van der Waals surface area contributed by atoms with Crippen molar-refractivity contribution in [2.75, 3.05) is 7.11 Å². The van der Waals surface area contributed by atoms with Gasteiger partial charge in [0.2, 0.25) is 0 Å². The summed E-state index contributed by atoms with van der Waals surface area (Å²) in [5, 5.41) is 3.90.